The Morgan fingerprint density at radius 2 is 2.29 bits per heavy atom. The first-order valence-electron chi connectivity index (χ1n) is 7.46. The summed E-state index contributed by atoms with van der Waals surface area (Å²) in [6.45, 7) is 4.52. The number of carbonyl (C=O) groups excluding carboxylic acids is 1. The van der Waals surface area contributed by atoms with E-state index in [1.54, 1.807) is 18.5 Å². The lowest BCUT2D eigenvalue weighted by Gasteiger charge is -2.32. The van der Waals surface area contributed by atoms with Crippen molar-refractivity contribution in [3.05, 3.63) is 24.0 Å². The van der Waals surface area contributed by atoms with Crippen molar-refractivity contribution in [3.8, 4) is 0 Å². The number of anilines is 1. The third-order valence-corrected chi connectivity index (χ3v) is 3.59. The van der Waals surface area contributed by atoms with Crippen molar-refractivity contribution in [2.75, 3.05) is 38.2 Å². The Morgan fingerprint density at radius 3 is 2.95 bits per heavy atom. The SMILES string of the molecule is CCNc1cnccc1C(=O)N1CCC(OCCO)CC1. The molecule has 0 bridgehead atoms. The molecule has 6 nitrogen and oxygen atoms in total. The fourth-order valence-corrected chi connectivity index (χ4v) is 2.53. The lowest BCUT2D eigenvalue weighted by atomic mass is 10.1. The predicted octanol–water partition coefficient (Wildman–Crippen LogP) is 1.13. The minimum Gasteiger partial charge on any atom is -0.394 e. The maximum Gasteiger partial charge on any atom is 0.256 e. The highest BCUT2D eigenvalue weighted by molar-refractivity contribution is 5.99. The van der Waals surface area contributed by atoms with Gasteiger partial charge in [0.1, 0.15) is 0 Å². The topological polar surface area (TPSA) is 74.7 Å². The van der Waals surface area contributed by atoms with E-state index in [-0.39, 0.29) is 18.6 Å². The molecule has 0 atom stereocenters. The van der Waals surface area contributed by atoms with Crippen molar-refractivity contribution in [2.45, 2.75) is 25.9 Å². The molecule has 116 valence electrons. The normalized spacial score (nSPS) is 16.0. The van der Waals surface area contributed by atoms with Gasteiger partial charge in [0, 0.05) is 25.8 Å². The van der Waals surface area contributed by atoms with E-state index in [0.717, 1.165) is 25.1 Å². The zero-order valence-corrected chi connectivity index (χ0v) is 12.4. The van der Waals surface area contributed by atoms with E-state index >= 15 is 0 Å². The Balaban J connectivity index is 1.96. The van der Waals surface area contributed by atoms with Gasteiger partial charge in [-0.15, -0.1) is 0 Å². The van der Waals surface area contributed by atoms with Crippen LogP contribution in [-0.4, -0.2) is 59.8 Å². The molecular weight excluding hydrogens is 270 g/mol. The number of hydrogen-bond donors (Lipinski definition) is 2. The number of rotatable bonds is 6. The highest BCUT2D eigenvalue weighted by atomic mass is 16.5. The summed E-state index contributed by atoms with van der Waals surface area (Å²) in [5.41, 5.74) is 1.45. The van der Waals surface area contributed by atoms with Gasteiger partial charge in [-0.05, 0) is 25.8 Å². The molecule has 1 aliphatic heterocycles. The van der Waals surface area contributed by atoms with E-state index in [9.17, 15) is 4.79 Å². The number of hydrogen-bond acceptors (Lipinski definition) is 5. The Hall–Kier alpha value is -1.66. The van der Waals surface area contributed by atoms with Gasteiger partial charge in [0.25, 0.3) is 5.91 Å². The zero-order valence-electron chi connectivity index (χ0n) is 12.4. The average Bonchev–Trinajstić information content (AvgIpc) is 2.53. The number of nitrogens with one attached hydrogen (secondary N) is 1. The molecule has 0 radical (unpaired) electrons. The summed E-state index contributed by atoms with van der Waals surface area (Å²) in [5.74, 6) is 0.0361. The molecule has 6 heteroatoms. The van der Waals surface area contributed by atoms with Crippen LogP contribution in [0.15, 0.2) is 18.5 Å². The van der Waals surface area contributed by atoms with Crippen LogP contribution in [0.2, 0.25) is 0 Å². The van der Waals surface area contributed by atoms with Crippen LogP contribution in [-0.2, 0) is 4.74 Å². The molecule has 2 N–H and O–H groups in total. The number of aromatic nitrogens is 1. The van der Waals surface area contributed by atoms with E-state index in [1.807, 2.05) is 11.8 Å². The van der Waals surface area contributed by atoms with Crippen LogP contribution in [0, 0.1) is 0 Å². The first-order chi connectivity index (χ1) is 10.3. The summed E-state index contributed by atoms with van der Waals surface area (Å²) in [4.78, 5) is 18.5. The second-order valence-corrected chi connectivity index (χ2v) is 5.04. The number of amides is 1. The molecule has 0 saturated carbocycles. The highest BCUT2D eigenvalue weighted by Gasteiger charge is 2.25. The van der Waals surface area contributed by atoms with Crippen molar-refractivity contribution in [3.63, 3.8) is 0 Å². The van der Waals surface area contributed by atoms with Crippen LogP contribution >= 0.6 is 0 Å². The zero-order chi connectivity index (χ0) is 15.1. The number of aliphatic hydroxyl groups is 1. The minimum absolute atomic E-state index is 0.0361. The smallest absolute Gasteiger partial charge is 0.256 e. The summed E-state index contributed by atoms with van der Waals surface area (Å²) < 4.78 is 5.52. The van der Waals surface area contributed by atoms with E-state index < -0.39 is 0 Å². The van der Waals surface area contributed by atoms with Gasteiger partial charge in [-0.1, -0.05) is 0 Å². The third-order valence-electron chi connectivity index (χ3n) is 3.59. The molecule has 1 saturated heterocycles. The largest absolute Gasteiger partial charge is 0.394 e. The van der Waals surface area contributed by atoms with Gasteiger partial charge in [0.05, 0.1) is 36.8 Å². The molecule has 0 unspecified atom stereocenters. The van der Waals surface area contributed by atoms with Crippen LogP contribution in [0.4, 0.5) is 5.69 Å². The standard InChI is InChI=1S/C15H23N3O3/c1-2-17-14-11-16-6-3-13(14)15(20)18-7-4-12(5-8-18)21-10-9-19/h3,6,11-12,17,19H,2,4-5,7-10H2,1H3. The van der Waals surface area contributed by atoms with Crippen molar-refractivity contribution >= 4 is 11.6 Å². The maximum atomic E-state index is 12.6. The van der Waals surface area contributed by atoms with E-state index in [0.29, 0.717) is 25.3 Å². The van der Waals surface area contributed by atoms with Crippen LogP contribution < -0.4 is 5.32 Å². The van der Waals surface area contributed by atoms with Gasteiger partial charge in [0.2, 0.25) is 0 Å². The molecule has 21 heavy (non-hydrogen) atoms. The molecule has 1 fully saturated rings. The average molecular weight is 293 g/mol. The number of nitrogens with zero attached hydrogens (tertiary/aromatic N) is 2. The van der Waals surface area contributed by atoms with Gasteiger partial charge >= 0.3 is 0 Å². The third kappa shape index (κ3) is 4.15. The number of likely N-dealkylation sites (tertiary alicyclic amines) is 1. The Kier molecular flexibility index (Phi) is 5.95. The monoisotopic (exact) mass is 293 g/mol. The molecule has 0 spiro atoms. The number of carbonyl (C=O) groups is 1. The van der Waals surface area contributed by atoms with Crippen molar-refractivity contribution < 1.29 is 14.6 Å². The summed E-state index contributed by atoms with van der Waals surface area (Å²) in [6.07, 6.45) is 5.10. The van der Waals surface area contributed by atoms with Crippen molar-refractivity contribution in [1.82, 2.24) is 9.88 Å². The van der Waals surface area contributed by atoms with Crippen LogP contribution in [0.1, 0.15) is 30.1 Å². The van der Waals surface area contributed by atoms with Crippen LogP contribution in [0.5, 0.6) is 0 Å². The Morgan fingerprint density at radius 1 is 1.52 bits per heavy atom. The molecule has 1 aromatic rings. The lowest BCUT2D eigenvalue weighted by molar-refractivity contribution is -0.00552. The molecule has 0 aromatic carbocycles. The predicted molar refractivity (Wildman–Crippen MR) is 80.4 cm³/mol. The molecule has 1 aliphatic rings. The van der Waals surface area contributed by atoms with Crippen molar-refractivity contribution in [1.29, 1.82) is 0 Å². The minimum atomic E-state index is 0.0361. The molecule has 2 heterocycles. The van der Waals surface area contributed by atoms with E-state index in [1.165, 1.54) is 0 Å². The number of ether oxygens (including phenoxy) is 1. The summed E-state index contributed by atoms with van der Waals surface area (Å²) >= 11 is 0. The Labute approximate surface area is 125 Å². The molecule has 1 aromatic heterocycles. The van der Waals surface area contributed by atoms with Crippen LogP contribution in [0.3, 0.4) is 0 Å². The van der Waals surface area contributed by atoms with E-state index in [4.69, 9.17) is 9.84 Å². The first-order valence-corrected chi connectivity index (χ1v) is 7.46. The lowest BCUT2D eigenvalue weighted by Crippen LogP contribution is -2.41. The molecule has 0 aliphatic carbocycles. The maximum absolute atomic E-state index is 12.6. The second kappa shape index (κ2) is 7.95. The molecular formula is C15H23N3O3. The van der Waals surface area contributed by atoms with Crippen molar-refractivity contribution in [2.24, 2.45) is 0 Å². The van der Waals surface area contributed by atoms with Gasteiger partial charge in [-0.3, -0.25) is 9.78 Å². The Bertz CT molecular complexity index is 459. The van der Waals surface area contributed by atoms with Gasteiger partial charge < -0.3 is 20.1 Å². The first kappa shape index (κ1) is 15.7. The fourth-order valence-electron chi connectivity index (χ4n) is 2.53. The molecule has 2 rings (SSSR count). The highest BCUT2D eigenvalue weighted by Crippen LogP contribution is 2.20. The number of piperidine rings is 1. The quantitative estimate of drug-likeness (QED) is 0.822. The number of pyridine rings is 1. The van der Waals surface area contributed by atoms with E-state index in [2.05, 4.69) is 10.3 Å². The summed E-state index contributed by atoms with van der Waals surface area (Å²) in [7, 11) is 0. The fraction of sp³-hybridized carbons (Fsp3) is 0.600. The summed E-state index contributed by atoms with van der Waals surface area (Å²) in [5, 5.41) is 11.9. The van der Waals surface area contributed by atoms with Crippen LogP contribution in [0.25, 0.3) is 0 Å². The second-order valence-electron chi connectivity index (χ2n) is 5.04. The number of aliphatic hydroxyl groups excluding tert-OH is 1. The van der Waals surface area contributed by atoms with Gasteiger partial charge in [-0.2, -0.15) is 0 Å². The molecule has 1 amide bonds. The van der Waals surface area contributed by atoms with Gasteiger partial charge in [-0.25, -0.2) is 0 Å². The summed E-state index contributed by atoms with van der Waals surface area (Å²) in [6, 6.07) is 1.76. The van der Waals surface area contributed by atoms with Gasteiger partial charge in [0.15, 0.2) is 0 Å².